The molecule has 0 saturated heterocycles. The van der Waals surface area contributed by atoms with Gasteiger partial charge in [-0.3, -0.25) is 4.79 Å². The first-order valence-corrected chi connectivity index (χ1v) is 7.23. The molecule has 1 aromatic carbocycles. The topological polar surface area (TPSA) is 63.3 Å². The maximum atomic E-state index is 10.8. The van der Waals surface area contributed by atoms with Gasteiger partial charge in [0.2, 0.25) is 0 Å². The lowest BCUT2D eigenvalue weighted by atomic mass is 9.98. The number of hydrogen-bond donors (Lipinski definition) is 2. The van der Waals surface area contributed by atoms with E-state index in [0.717, 1.165) is 17.9 Å². The Morgan fingerprint density at radius 3 is 2.83 bits per heavy atom. The second kappa shape index (κ2) is 6.81. The predicted octanol–water partition coefficient (Wildman–Crippen LogP) is 2.81. The zero-order valence-corrected chi connectivity index (χ0v) is 11.8. The summed E-state index contributed by atoms with van der Waals surface area (Å²) in [5, 5.41) is 8.87. The summed E-state index contributed by atoms with van der Waals surface area (Å²) in [5.74, 6) is 0.982. The van der Waals surface area contributed by atoms with Crippen LogP contribution in [0, 0.1) is 6.92 Å². The van der Waals surface area contributed by atoms with Crippen molar-refractivity contribution >= 4 is 17.7 Å². The van der Waals surface area contributed by atoms with E-state index in [-0.39, 0.29) is 0 Å². The summed E-state index contributed by atoms with van der Waals surface area (Å²) in [6, 6.07) is 8.44. The average molecular weight is 267 g/mol. The van der Waals surface area contributed by atoms with E-state index in [9.17, 15) is 4.79 Å². The highest BCUT2D eigenvalue weighted by atomic mass is 32.2. The lowest BCUT2D eigenvalue weighted by Gasteiger charge is -2.18. The smallest absolute Gasteiger partial charge is 0.323 e. The zero-order chi connectivity index (χ0) is 13.6. The Bertz CT molecular complexity index is 405. The van der Waals surface area contributed by atoms with Crippen molar-refractivity contribution in [3.63, 3.8) is 0 Å². The molecule has 0 aliphatic carbocycles. The maximum absolute atomic E-state index is 10.8. The number of nitrogens with two attached hydrogens (primary N) is 1. The average Bonchev–Trinajstić information content (AvgIpc) is 2.28. The number of hydrogen-bond acceptors (Lipinski definition) is 3. The Labute approximate surface area is 113 Å². The van der Waals surface area contributed by atoms with E-state index in [4.69, 9.17) is 10.8 Å². The third-order valence-electron chi connectivity index (χ3n) is 2.82. The quantitative estimate of drug-likeness (QED) is 0.746. The highest BCUT2D eigenvalue weighted by Gasteiger charge is 2.26. The summed E-state index contributed by atoms with van der Waals surface area (Å²) >= 11 is 1.82. The Balaban J connectivity index is 2.22. The van der Waals surface area contributed by atoms with Crippen molar-refractivity contribution in [3.8, 4) is 0 Å². The first kappa shape index (κ1) is 15.1. The zero-order valence-electron chi connectivity index (χ0n) is 11.0. The number of aryl methyl sites for hydroxylation is 1. The van der Waals surface area contributed by atoms with Crippen LogP contribution < -0.4 is 5.73 Å². The monoisotopic (exact) mass is 267 g/mol. The van der Waals surface area contributed by atoms with Crippen molar-refractivity contribution in [2.45, 2.75) is 38.0 Å². The molecule has 0 bridgehead atoms. The molecule has 0 aromatic heterocycles. The second-order valence-corrected chi connectivity index (χ2v) is 5.97. The molecule has 0 aliphatic heterocycles. The van der Waals surface area contributed by atoms with Gasteiger partial charge in [-0.05, 0) is 38.0 Å². The SMILES string of the molecule is Cc1cccc(CSCCCC(C)(N)C(=O)O)c1. The van der Waals surface area contributed by atoms with E-state index in [1.54, 1.807) is 6.92 Å². The molecule has 18 heavy (non-hydrogen) atoms. The van der Waals surface area contributed by atoms with E-state index >= 15 is 0 Å². The molecule has 0 radical (unpaired) electrons. The molecule has 0 fully saturated rings. The predicted molar refractivity (Wildman–Crippen MR) is 76.8 cm³/mol. The van der Waals surface area contributed by atoms with Gasteiger partial charge in [0.05, 0.1) is 0 Å². The van der Waals surface area contributed by atoms with Crippen LogP contribution >= 0.6 is 11.8 Å². The molecule has 0 amide bonds. The number of benzene rings is 1. The molecule has 3 N–H and O–H groups in total. The first-order chi connectivity index (χ1) is 8.42. The second-order valence-electron chi connectivity index (χ2n) is 4.87. The number of thioether (sulfide) groups is 1. The summed E-state index contributed by atoms with van der Waals surface area (Å²) in [6.07, 6.45) is 1.35. The van der Waals surface area contributed by atoms with Crippen molar-refractivity contribution in [1.82, 2.24) is 0 Å². The molecule has 1 rings (SSSR count). The Morgan fingerprint density at radius 2 is 2.22 bits per heavy atom. The van der Waals surface area contributed by atoms with Gasteiger partial charge >= 0.3 is 5.97 Å². The summed E-state index contributed by atoms with van der Waals surface area (Å²) < 4.78 is 0. The number of carboxylic acids is 1. The van der Waals surface area contributed by atoms with E-state index in [1.807, 2.05) is 11.8 Å². The van der Waals surface area contributed by atoms with Crippen LogP contribution in [0.1, 0.15) is 30.9 Å². The van der Waals surface area contributed by atoms with Gasteiger partial charge in [-0.15, -0.1) is 0 Å². The van der Waals surface area contributed by atoms with Gasteiger partial charge in [0.1, 0.15) is 5.54 Å². The van der Waals surface area contributed by atoms with E-state index in [0.29, 0.717) is 6.42 Å². The van der Waals surface area contributed by atoms with Crippen molar-refractivity contribution in [1.29, 1.82) is 0 Å². The molecular formula is C14H21NO2S. The fraction of sp³-hybridized carbons (Fsp3) is 0.500. The molecule has 0 aliphatic rings. The van der Waals surface area contributed by atoms with Crippen LogP contribution in [0.25, 0.3) is 0 Å². The molecule has 4 heteroatoms. The molecule has 3 nitrogen and oxygen atoms in total. The lowest BCUT2D eigenvalue weighted by Crippen LogP contribution is -2.44. The minimum atomic E-state index is -1.09. The van der Waals surface area contributed by atoms with Crippen LogP contribution in [0.3, 0.4) is 0 Å². The Kier molecular flexibility index (Phi) is 5.69. The van der Waals surface area contributed by atoms with Crippen LogP contribution in [0.4, 0.5) is 0 Å². The van der Waals surface area contributed by atoms with E-state index in [2.05, 4.69) is 31.2 Å². The number of rotatable bonds is 7. The van der Waals surface area contributed by atoms with Crippen molar-refractivity contribution < 1.29 is 9.90 Å². The molecule has 1 aromatic rings. The minimum absolute atomic E-state index is 0.517. The number of carbonyl (C=O) groups is 1. The molecule has 0 spiro atoms. The van der Waals surface area contributed by atoms with E-state index < -0.39 is 11.5 Å². The van der Waals surface area contributed by atoms with Crippen LogP contribution in [0.15, 0.2) is 24.3 Å². The summed E-state index contributed by atoms with van der Waals surface area (Å²) in [6.45, 7) is 3.65. The maximum Gasteiger partial charge on any atom is 0.323 e. The standard InChI is InChI=1S/C14H21NO2S/c1-11-5-3-6-12(9-11)10-18-8-4-7-14(2,15)13(16)17/h3,5-6,9H,4,7-8,10,15H2,1-2H3,(H,16,17). The normalized spacial score (nSPS) is 14.2. The van der Waals surface area contributed by atoms with Crippen molar-refractivity contribution in [2.75, 3.05) is 5.75 Å². The molecule has 1 atom stereocenters. The lowest BCUT2D eigenvalue weighted by molar-refractivity contribution is -0.142. The molecule has 1 unspecified atom stereocenters. The van der Waals surface area contributed by atoms with Crippen LogP contribution in [0.5, 0.6) is 0 Å². The molecular weight excluding hydrogens is 246 g/mol. The third-order valence-corrected chi connectivity index (χ3v) is 3.94. The van der Waals surface area contributed by atoms with Gasteiger partial charge in [-0.1, -0.05) is 29.8 Å². The van der Waals surface area contributed by atoms with Crippen LogP contribution in [-0.4, -0.2) is 22.4 Å². The van der Waals surface area contributed by atoms with Crippen LogP contribution in [0.2, 0.25) is 0 Å². The molecule has 0 heterocycles. The first-order valence-electron chi connectivity index (χ1n) is 6.07. The summed E-state index contributed by atoms with van der Waals surface area (Å²) in [4.78, 5) is 10.8. The Morgan fingerprint density at radius 1 is 1.50 bits per heavy atom. The van der Waals surface area contributed by atoms with Gasteiger partial charge < -0.3 is 10.8 Å². The highest BCUT2D eigenvalue weighted by Crippen LogP contribution is 2.17. The number of aliphatic carboxylic acids is 1. The van der Waals surface area contributed by atoms with Crippen LogP contribution in [-0.2, 0) is 10.5 Å². The van der Waals surface area contributed by atoms with Crippen molar-refractivity contribution in [2.24, 2.45) is 5.73 Å². The van der Waals surface area contributed by atoms with Gasteiger partial charge in [-0.25, -0.2) is 0 Å². The summed E-state index contributed by atoms with van der Waals surface area (Å²) in [5.41, 5.74) is 7.16. The summed E-state index contributed by atoms with van der Waals surface area (Å²) in [7, 11) is 0. The van der Waals surface area contributed by atoms with Gasteiger partial charge in [0, 0.05) is 5.75 Å². The Hall–Kier alpha value is -1.00. The highest BCUT2D eigenvalue weighted by molar-refractivity contribution is 7.98. The fourth-order valence-corrected chi connectivity index (χ4v) is 2.55. The molecule has 100 valence electrons. The third kappa shape index (κ3) is 5.10. The van der Waals surface area contributed by atoms with E-state index in [1.165, 1.54) is 11.1 Å². The fourth-order valence-electron chi connectivity index (χ4n) is 1.64. The molecule has 0 saturated carbocycles. The van der Waals surface area contributed by atoms with Gasteiger partial charge in [-0.2, -0.15) is 11.8 Å². The number of carboxylic acid groups (broad SMARTS) is 1. The van der Waals surface area contributed by atoms with Gasteiger partial charge in [0.15, 0.2) is 0 Å². The van der Waals surface area contributed by atoms with Crippen molar-refractivity contribution in [3.05, 3.63) is 35.4 Å². The van der Waals surface area contributed by atoms with Gasteiger partial charge in [0.25, 0.3) is 0 Å². The minimum Gasteiger partial charge on any atom is -0.480 e. The largest absolute Gasteiger partial charge is 0.480 e.